The lowest BCUT2D eigenvalue weighted by Crippen LogP contribution is -2.13. The molecule has 0 saturated heterocycles. The molecule has 0 bridgehead atoms. The first-order valence-electron chi connectivity index (χ1n) is 6.57. The van der Waals surface area contributed by atoms with Crippen molar-refractivity contribution in [1.29, 1.82) is 0 Å². The lowest BCUT2D eigenvalue weighted by Gasteiger charge is -2.05. The van der Waals surface area contributed by atoms with Crippen molar-refractivity contribution >= 4 is 15.9 Å². The summed E-state index contributed by atoms with van der Waals surface area (Å²) in [6.45, 7) is 9.60. The summed E-state index contributed by atoms with van der Waals surface area (Å²) in [6.07, 6.45) is 5.12. The van der Waals surface area contributed by atoms with Crippen LogP contribution in [0.2, 0.25) is 0 Å². The zero-order chi connectivity index (χ0) is 12.7. The van der Waals surface area contributed by atoms with Crippen LogP contribution in [-0.2, 0) is 6.54 Å². The van der Waals surface area contributed by atoms with Crippen LogP contribution in [0.1, 0.15) is 44.0 Å². The Morgan fingerprint density at radius 3 is 2.47 bits per heavy atom. The van der Waals surface area contributed by atoms with Gasteiger partial charge in [0.25, 0.3) is 0 Å². The summed E-state index contributed by atoms with van der Waals surface area (Å²) >= 11 is 3.56. The van der Waals surface area contributed by atoms with Gasteiger partial charge in [0.2, 0.25) is 0 Å². The molecule has 1 aromatic heterocycles. The number of nitrogens with zero attached hydrogens (tertiary/aromatic N) is 2. The fourth-order valence-corrected chi connectivity index (χ4v) is 2.22. The van der Waals surface area contributed by atoms with E-state index in [9.17, 15) is 0 Å². The summed E-state index contributed by atoms with van der Waals surface area (Å²) in [5.74, 6) is 0. The molecule has 1 rings (SSSR count). The van der Waals surface area contributed by atoms with Crippen molar-refractivity contribution in [3.8, 4) is 0 Å². The third-order valence-corrected chi connectivity index (χ3v) is 4.16. The van der Waals surface area contributed by atoms with E-state index in [2.05, 4.69) is 44.9 Å². The maximum absolute atomic E-state index is 4.51. The molecule has 0 fully saturated rings. The van der Waals surface area contributed by atoms with Crippen molar-refractivity contribution in [3.05, 3.63) is 15.9 Å². The number of rotatable bonds is 8. The molecular formula is C13H24BrN3. The first-order valence-corrected chi connectivity index (χ1v) is 7.36. The summed E-state index contributed by atoms with van der Waals surface area (Å²) in [7, 11) is 0. The van der Waals surface area contributed by atoms with Crippen LogP contribution in [0.25, 0.3) is 0 Å². The van der Waals surface area contributed by atoms with Crippen molar-refractivity contribution in [3.63, 3.8) is 0 Å². The van der Waals surface area contributed by atoms with Gasteiger partial charge in [-0.05, 0) is 55.7 Å². The molecule has 1 aromatic rings. The fraction of sp³-hybridized carbons (Fsp3) is 0.769. The molecule has 4 heteroatoms. The Hall–Kier alpha value is -0.350. The van der Waals surface area contributed by atoms with Crippen molar-refractivity contribution in [2.75, 3.05) is 13.1 Å². The predicted molar refractivity (Wildman–Crippen MR) is 76.4 cm³/mol. The molecule has 0 amide bonds. The van der Waals surface area contributed by atoms with E-state index in [4.69, 9.17) is 0 Å². The Bertz CT molecular complexity index is 334. The molecule has 3 nitrogen and oxygen atoms in total. The highest BCUT2D eigenvalue weighted by atomic mass is 79.9. The predicted octanol–water partition coefficient (Wildman–Crippen LogP) is 3.43. The fourth-order valence-electron chi connectivity index (χ4n) is 1.93. The van der Waals surface area contributed by atoms with Gasteiger partial charge >= 0.3 is 0 Å². The maximum atomic E-state index is 4.51. The van der Waals surface area contributed by atoms with Gasteiger partial charge in [-0.1, -0.05) is 19.8 Å². The minimum atomic E-state index is 1.04. The number of hydrogen-bond donors (Lipinski definition) is 1. The highest BCUT2D eigenvalue weighted by Crippen LogP contribution is 2.20. The van der Waals surface area contributed by atoms with Crippen molar-refractivity contribution in [2.45, 2.75) is 53.0 Å². The van der Waals surface area contributed by atoms with E-state index in [-0.39, 0.29) is 0 Å². The van der Waals surface area contributed by atoms with Crippen LogP contribution >= 0.6 is 15.9 Å². The molecular weight excluding hydrogens is 278 g/mol. The largest absolute Gasteiger partial charge is 0.317 e. The lowest BCUT2D eigenvalue weighted by atomic mass is 10.2. The average Bonchev–Trinajstić information content (AvgIpc) is 2.56. The van der Waals surface area contributed by atoms with E-state index < -0.39 is 0 Å². The van der Waals surface area contributed by atoms with Crippen LogP contribution in [0.15, 0.2) is 4.47 Å². The van der Waals surface area contributed by atoms with Crippen LogP contribution in [-0.4, -0.2) is 22.9 Å². The topological polar surface area (TPSA) is 29.9 Å². The Balaban J connectivity index is 2.16. The van der Waals surface area contributed by atoms with E-state index >= 15 is 0 Å². The number of aromatic nitrogens is 2. The van der Waals surface area contributed by atoms with Crippen molar-refractivity contribution in [2.24, 2.45) is 0 Å². The zero-order valence-electron chi connectivity index (χ0n) is 11.2. The van der Waals surface area contributed by atoms with E-state index in [0.717, 1.165) is 29.8 Å². The van der Waals surface area contributed by atoms with Gasteiger partial charge in [0.15, 0.2) is 0 Å². The number of hydrogen-bond acceptors (Lipinski definition) is 2. The minimum absolute atomic E-state index is 1.04. The molecule has 0 aliphatic heterocycles. The summed E-state index contributed by atoms with van der Waals surface area (Å²) < 4.78 is 3.27. The molecule has 0 aliphatic carbocycles. The first kappa shape index (κ1) is 14.7. The Kier molecular flexibility index (Phi) is 6.82. The minimum Gasteiger partial charge on any atom is -0.317 e. The number of halogens is 1. The molecule has 0 aromatic carbocycles. The standard InChI is InChI=1S/C13H24BrN3/c1-4-15-9-7-5-6-8-10-17-12(3)13(14)11(2)16-17/h15H,4-10H2,1-3H3. The number of nitrogens with one attached hydrogen (secondary N) is 1. The third kappa shape index (κ3) is 4.80. The van der Waals surface area contributed by atoms with Crippen molar-refractivity contribution in [1.82, 2.24) is 15.1 Å². The molecule has 0 saturated carbocycles. The second-order valence-electron chi connectivity index (χ2n) is 4.48. The van der Waals surface area contributed by atoms with Crippen LogP contribution in [0, 0.1) is 13.8 Å². The van der Waals surface area contributed by atoms with Gasteiger partial charge in [-0.3, -0.25) is 4.68 Å². The Morgan fingerprint density at radius 2 is 1.88 bits per heavy atom. The molecule has 0 atom stereocenters. The van der Waals surface area contributed by atoms with E-state index in [1.165, 1.54) is 31.4 Å². The summed E-state index contributed by atoms with van der Waals surface area (Å²) in [5.41, 5.74) is 2.34. The Morgan fingerprint density at radius 1 is 1.18 bits per heavy atom. The van der Waals surface area contributed by atoms with Gasteiger partial charge in [-0.15, -0.1) is 0 Å². The molecule has 98 valence electrons. The summed E-state index contributed by atoms with van der Waals surface area (Å²) in [4.78, 5) is 0. The second kappa shape index (κ2) is 7.88. The number of unbranched alkanes of at least 4 members (excludes halogenated alkanes) is 3. The molecule has 0 radical (unpaired) electrons. The average molecular weight is 302 g/mol. The smallest absolute Gasteiger partial charge is 0.0738 e. The normalized spacial score (nSPS) is 11.1. The number of aryl methyl sites for hydroxylation is 2. The molecule has 0 aliphatic rings. The van der Waals surface area contributed by atoms with E-state index in [1.54, 1.807) is 0 Å². The van der Waals surface area contributed by atoms with Crippen LogP contribution in [0.4, 0.5) is 0 Å². The summed E-state index contributed by atoms with van der Waals surface area (Å²) in [6, 6.07) is 0. The Labute approximate surface area is 113 Å². The van der Waals surface area contributed by atoms with E-state index in [1.807, 2.05) is 6.92 Å². The van der Waals surface area contributed by atoms with Crippen molar-refractivity contribution < 1.29 is 0 Å². The highest BCUT2D eigenvalue weighted by molar-refractivity contribution is 9.10. The second-order valence-corrected chi connectivity index (χ2v) is 5.27. The van der Waals surface area contributed by atoms with Gasteiger partial charge in [0.05, 0.1) is 10.2 Å². The van der Waals surface area contributed by atoms with E-state index in [0.29, 0.717) is 0 Å². The lowest BCUT2D eigenvalue weighted by molar-refractivity contribution is 0.517. The molecule has 0 spiro atoms. The molecule has 1 N–H and O–H groups in total. The summed E-state index contributed by atoms with van der Waals surface area (Å²) in [5, 5.41) is 7.87. The SMILES string of the molecule is CCNCCCCCCn1nc(C)c(Br)c1C. The van der Waals surface area contributed by atoms with Crippen LogP contribution in [0.5, 0.6) is 0 Å². The first-order chi connectivity index (χ1) is 8.16. The molecule has 17 heavy (non-hydrogen) atoms. The van der Waals surface area contributed by atoms with Crippen LogP contribution in [0.3, 0.4) is 0 Å². The van der Waals surface area contributed by atoms with Gasteiger partial charge in [-0.2, -0.15) is 5.10 Å². The molecule has 0 unspecified atom stereocenters. The van der Waals surface area contributed by atoms with Gasteiger partial charge in [0, 0.05) is 12.2 Å². The van der Waals surface area contributed by atoms with Gasteiger partial charge < -0.3 is 5.32 Å². The highest BCUT2D eigenvalue weighted by Gasteiger charge is 2.07. The maximum Gasteiger partial charge on any atom is 0.0738 e. The van der Waals surface area contributed by atoms with Gasteiger partial charge in [0.1, 0.15) is 0 Å². The zero-order valence-corrected chi connectivity index (χ0v) is 12.8. The monoisotopic (exact) mass is 301 g/mol. The molecule has 1 heterocycles. The van der Waals surface area contributed by atoms with Gasteiger partial charge in [-0.25, -0.2) is 0 Å². The van der Waals surface area contributed by atoms with Crippen LogP contribution < -0.4 is 5.32 Å². The quantitative estimate of drug-likeness (QED) is 0.746. The third-order valence-electron chi connectivity index (χ3n) is 3.02.